The lowest BCUT2D eigenvalue weighted by Gasteiger charge is -2.21. The summed E-state index contributed by atoms with van der Waals surface area (Å²) in [5.41, 5.74) is 0. The van der Waals surface area contributed by atoms with E-state index < -0.39 is 12.1 Å². The van der Waals surface area contributed by atoms with Crippen LogP contribution >= 0.6 is 0 Å². The van der Waals surface area contributed by atoms with Crippen LogP contribution in [0.2, 0.25) is 0 Å². The summed E-state index contributed by atoms with van der Waals surface area (Å²) < 4.78 is 21.8. The molecule has 2 saturated heterocycles. The van der Waals surface area contributed by atoms with Crippen molar-refractivity contribution in [1.29, 1.82) is 0 Å². The van der Waals surface area contributed by atoms with Crippen molar-refractivity contribution in [2.45, 2.75) is 44.2 Å². The molecule has 2 aliphatic rings. The molecule has 2 fully saturated rings. The summed E-state index contributed by atoms with van der Waals surface area (Å²) in [6.07, 6.45) is 4.07. The van der Waals surface area contributed by atoms with Gasteiger partial charge in [-0.3, -0.25) is 0 Å². The van der Waals surface area contributed by atoms with Crippen molar-refractivity contribution in [3.63, 3.8) is 0 Å². The van der Waals surface area contributed by atoms with Crippen LogP contribution in [0.25, 0.3) is 0 Å². The highest BCUT2D eigenvalue weighted by atomic mass is 16.8. The maximum atomic E-state index is 5.64. The first kappa shape index (κ1) is 9.94. The molecule has 14 heavy (non-hydrogen) atoms. The Morgan fingerprint density at radius 1 is 1.29 bits per heavy atom. The number of ether oxygens (including phenoxy) is 4. The molecule has 2 unspecified atom stereocenters. The minimum absolute atomic E-state index is 0.222. The van der Waals surface area contributed by atoms with Crippen molar-refractivity contribution in [1.82, 2.24) is 0 Å². The quantitative estimate of drug-likeness (QED) is 0.575. The molecule has 78 valence electrons. The molecule has 0 saturated carbocycles. The fraction of sp³-hybridized carbons (Fsp3) is 0.800. The lowest BCUT2D eigenvalue weighted by Crippen LogP contribution is -2.30. The number of hydrogen-bond donors (Lipinski definition) is 0. The zero-order valence-corrected chi connectivity index (χ0v) is 8.52. The van der Waals surface area contributed by atoms with Gasteiger partial charge < -0.3 is 18.9 Å². The summed E-state index contributed by atoms with van der Waals surface area (Å²) in [5, 5.41) is 0. The molecule has 4 nitrogen and oxygen atoms in total. The minimum Gasteiger partial charge on any atom is -0.353 e. The van der Waals surface area contributed by atoms with E-state index in [1.54, 1.807) is 7.11 Å². The number of fused-ring (bicyclic) bond motifs is 1. The van der Waals surface area contributed by atoms with Gasteiger partial charge in [0.05, 0.1) is 0 Å². The Morgan fingerprint density at radius 3 is 2.50 bits per heavy atom. The predicted octanol–water partition coefficient (Wildman–Crippen LogP) is 0.511. The van der Waals surface area contributed by atoms with Crippen molar-refractivity contribution in [3.05, 3.63) is 0 Å². The maximum Gasteiger partial charge on any atom is 0.187 e. The summed E-state index contributed by atoms with van der Waals surface area (Å²) in [5.74, 6) is 1.92. The standard InChI is InChI=1S/C10H14O4/c1-5-6-7-8(9(11-4)12-6)14-10(2,3)13-7/h1,6-9H,2-4H3/t6-,7?,8?,9-/m1/s1. The monoisotopic (exact) mass is 198 g/mol. The van der Waals surface area contributed by atoms with Gasteiger partial charge in [0.1, 0.15) is 18.3 Å². The van der Waals surface area contributed by atoms with Crippen LogP contribution in [0.15, 0.2) is 0 Å². The van der Waals surface area contributed by atoms with Crippen molar-refractivity contribution >= 4 is 0 Å². The van der Waals surface area contributed by atoms with Crippen molar-refractivity contribution in [3.8, 4) is 12.3 Å². The van der Waals surface area contributed by atoms with Crippen LogP contribution in [0.3, 0.4) is 0 Å². The highest BCUT2D eigenvalue weighted by Gasteiger charge is 2.55. The second kappa shape index (κ2) is 3.21. The van der Waals surface area contributed by atoms with E-state index >= 15 is 0 Å². The van der Waals surface area contributed by atoms with E-state index in [9.17, 15) is 0 Å². The average Bonchev–Trinajstić information content (AvgIpc) is 2.57. The van der Waals surface area contributed by atoms with E-state index in [0.717, 1.165) is 0 Å². The fourth-order valence-electron chi connectivity index (χ4n) is 1.89. The van der Waals surface area contributed by atoms with Gasteiger partial charge in [0, 0.05) is 7.11 Å². The highest BCUT2D eigenvalue weighted by molar-refractivity contribution is 5.08. The lowest BCUT2D eigenvalue weighted by atomic mass is 10.1. The van der Waals surface area contributed by atoms with Crippen LogP contribution in [-0.2, 0) is 18.9 Å². The first-order valence-electron chi connectivity index (χ1n) is 4.57. The smallest absolute Gasteiger partial charge is 0.187 e. The summed E-state index contributed by atoms with van der Waals surface area (Å²) in [4.78, 5) is 0. The van der Waals surface area contributed by atoms with Gasteiger partial charge in [-0.05, 0) is 13.8 Å². The second-order valence-corrected chi connectivity index (χ2v) is 3.89. The number of rotatable bonds is 1. The molecule has 0 aromatic heterocycles. The molecular formula is C10H14O4. The number of methoxy groups -OCH3 is 1. The Bertz CT molecular complexity index is 268. The Morgan fingerprint density at radius 2 is 1.93 bits per heavy atom. The van der Waals surface area contributed by atoms with Crippen LogP contribution in [0.1, 0.15) is 13.8 Å². The molecule has 0 N–H and O–H groups in total. The lowest BCUT2D eigenvalue weighted by molar-refractivity contribution is -0.220. The van der Waals surface area contributed by atoms with Crippen LogP contribution in [0, 0.1) is 12.3 Å². The van der Waals surface area contributed by atoms with Gasteiger partial charge in [-0.2, -0.15) is 0 Å². The van der Waals surface area contributed by atoms with Gasteiger partial charge in [-0.15, -0.1) is 6.42 Å². The van der Waals surface area contributed by atoms with Crippen LogP contribution in [0.4, 0.5) is 0 Å². The van der Waals surface area contributed by atoms with Gasteiger partial charge in [0.2, 0.25) is 0 Å². The normalized spacial score (nSPS) is 44.7. The van der Waals surface area contributed by atoms with Crippen LogP contribution in [0.5, 0.6) is 0 Å². The van der Waals surface area contributed by atoms with E-state index in [-0.39, 0.29) is 18.3 Å². The Labute approximate surface area is 83.5 Å². The topological polar surface area (TPSA) is 36.9 Å². The zero-order valence-electron chi connectivity index (χ0n) is 8.52. The molecule has 2 aliphatic heterocycles. The van der Waals surface area contributed by atoms with E-state index in [2.05, 4.69) is 5.92 Å². The third kappa shape index (κ3) is 1.43. The molecule has 2 heterocycles. The van der Waals surface area contributed by atoms with Gasteiger partial charge >= 0.3 is 0 Å². The summed E-state index contributed by atoms with van der Waals surface area (Å²) in [6.45, 7) is 3.71. The molecule has 4 atom stereocenters. The molecule has 0 aromatic carbocycles. The Kier molecular flexibility index (Phi) is 2.28. The molecule has 0 bridgehead atoms. The van der Waals surface area contributed by atoms with Crippen molar-refractivity contribution in [2.24, 2.45) is 0 Å². The van der Waals surface area contributed by atoms with E-state index in [1.807, 2.05) is 13.8 Å². The fourth-order valence-corrected chi connectivity index (χ4v) is 1.89. The van der Waals surface area contributed by atoms with Gasteiger partial charge in [-0.1, -0.05) is 5.92 Å². The first-order chi connectivity index (χ1) is 6.57. The number of terminal acetylenes is 1. The van der Waals surface area contributed by atoms with Gasteiger partial charge in [0.15, 0.2) is 12.1 Å². The van der Waals surface area contributed by atoms with E-state index in [1.165, 1.54) is 0 Å². The molecule has 0 aliphatic carbocycles. The Balaban J connectivity index is 2.17. The highest BCUT2D eigenvalue weighted by Crippen LogP contribution is 2.38. The van der Waals surface area contributed by atoms with E-state index in [4.69, 9.17) is 25.4 Å². The van der Waals surface area contributed by atoms with Crippen molar-refractivity contribution in [2.75, 3.05) is 7.11 Å². The average molecular weight is 198 g/mol. The van der Waals surface area contributed by atoms with Crippen molar-refractivity contribution < 1.29 is 18.9 Å². The summed E-state index contributed by atoms with van der Waals surface area (Å²) >= 11 is 0. The second-order valence-electron chi connectivity index (χ2n) is 3.89. The van der Waals surface area contributed by atoms with E-state index in [0.29, 0.717) is 0 Å². The van der Waals surface area contributed by atoms with Gasteiger partial charge in [-0.25, -0.2) is 0 Å². The van der Waals surface area contributed by atoms with Gasteiger partial charge in [0.25, 0.3) is 0 Å². The molecule has 0 amide bonds. The number of hydrogen-bond acceptors (Lipinski definition) is 4. The zero-order chi connectivity index (χ0) is 10.3. The predicted molar refractivity (Wildman–Crippen MR) is 48.3 cm³/mol. The minimum atomic E-state index is -0.606. The molecule has 4 heteroatoms. The third-order valence-electron chi connectivity index (χ3n) is 2.41. The van der Waals surface area contributed by atoms with Crippen LogP contribution in [-0.4, -0.2) is 37.5 Å². The Hall–Kier alpha value is -0.600. The SMILES string of the molecule is C#C[C@H]1O[C@@H](OC)C2OC(C)(C)OC21. The summed E-state index contributed by atoms with van der Waals surface area (Å²) in [7, 11) is 1.56. The third-order valence-corrected chi connectivity index (χ3v) is 2.41. The molecule has 2 rings (SSSR count). The van der Waals surface area contributed by atoms with Crippen LogP contribution < -0.4 is 0 Å². The first-order valence-corrected chi connectivity index (χ1v) is 4.57. The molecule has 0 radical (unpaired) electrons. The summed E-state index contributed by atoms with van der Waals surface area (Å²) in [6, 6.07) is 0. The molecular weight excluding hydrogens is 184 g/mol. The largest absolute Gasteiger partial charge is 0.353 e. The molecule has 0 spiro atoms. The maximum absolute atomic E-state index is 5.64. The molecule has 0 aromatic rings.